The molecule has 2 aromatic carbocycles. The SMILES string of the molecule is CN(C)C(=O)Nc1ccc(-c2ccnc3c2c(C=C2Oc4cccc(O)c4C2=O)cn3C)cc1. The smallest absolute Gasteiger partial charge is 0.321 e. The summed E-state index contributed by atoms with van der Waals surface area (Å²) >= 11 is 0. The Balaban J connectivity index is 1.56. The Morgan fingerprint density at radius 2 is 1.91 bits per heavy atom. The molecule has 5 rings (SSSR count). The number of ether oxygens (including phenoxy) is 1. The van der Waals surface area contributed by atoms with Crippen LogP contribution in [0.15, 0.2) is 66.7 Å². The maximum atomic E-state index is 12.9. The number of nitrogens with zero attached hydrogens (tertiary/aromatic N) is 3. The third-order valence-corrected chi connectivity index (χ3v) is 5.70. The largest absolute Gasteiger partial charge is 0.507 e. The van der Waals surface area contributed by atoms with Gasteiger partial charge in [-0.3, -0.25) is 4.79 Å². The summed E-state index contributed by atoms with van der Waals surface area (Å²) in [5, 5.41) is 13.8. The summed E-state index contributed by atoms with van der Waals surface area (Å²) in [6.45, 7) is 0. The molecule has 1 aliphatic rings. The standard InChI is InChI=1S/C26H22N4O4/c1-29(2)26(33)28-17-9-7-15(8-10-17)18-11-12-27-25-22(18)16(14-30(25)3)13-21-24(32)23-19(31)5-4-6-20(23)34-21/h4-14,31H,1-3H3,(H,28,33). The molecule has 2 N–H and O–H groups in total. The minimum Gasteiger partial charge on any atom is -0.507 e. The highest BCUT2D eigenvalue weighted by molar-refractivity contribution is 6.17. The molecule has 2 amide bonds. The fourth-order valence-corrected chi connectivity index (χ4v) is 4.01. The van der Waals surface area contributed by atoms with Gasteiger partial charge in [-0.1, -0.05) is 18.2 Å². The predicted octanol–water partition coefficient (Wildman–Crippen LogP) is 4.66. The number of benzene rings is 2. The zero-order chi connectivity index (χ0) is 24.0. The molecule has 0 saturated carbocycles. The number of ketones is 1. The lowest BCUT2D eigenvalue weighted by Gasteiger charge is -2.12. The second kappa shape index (κ2) is 8.08. The normalized spacial score (nSPS) is 13.7. The van der Waals surface area contributed by atoms with Crippen LogP contribution in [0.4, 0.5) is 10.5 Å². The van der Waals surface area contributed by atoms with Gasteiger partial charge in [-0.2, -0.15) is 0 Å². The fraction of sp³-hybridized carbons (Fsp3) is 0.115. The van der Waals surface area contributed by atoms with Gasteiger partial charge in [0, 0.05) is 50.2 Å². The first-order valence-electron chi connectivity index (χ1n) is 10.6. The number of urea groups is 1. The van der Waals surface area contributed by atoms with Crippen LogP contribution in [0.25, 0.3) is 28.2 Å². The fourth-order valence-electron chi connectivity index (χ4n) is 4.01. The maximum absolute atomic E-state index is 12.9. The van der Waals surface area contributed by atoms with Gasteiger partial charge in [0.15, 0.2) is 5.76 Å². The monoisotopic (exact) mass is 454 g/mol. The Hall–Kier alpha value is -4.59. The van der Waals surface area contributed by atoms with Crippen molar-refractivity contribution >= 4 is 34.6 Å². The Kier molecular flexibility index (Phi) is 5.05. The minimum absolute atomic E-state index is 0.104. The molecule has 34 heavy (non-hydrogen) atoms. The molecule has 2 aromatic heterocycles. The third-order valence-electron chi connectivity index (χ3n) is 5.70. The zero-order valence-electron chi connectivity index (χ0n) is 18.9. The Morgan fingerprint density at radius 1 is 1.15 bits per heavy atom. The first-order valence-corrected chi connectivity index (χ1v) is 10.6. The number of aryl methyl sites for hydroxylation is 1. The van der Waals surface area contributed by atoms with E-state index < -0.39 is 0 Å². The van der Waals surface area contributed by atoms with E-state index >= 15 is 0 Å². The molecular formula is C26H22N4O4. The summed E-state index contributed by atoms with van der Waals surface area (Å²) in [5.41, 5.74) is 4.23. The van der Waals surface area contributed by atoms with Crippen LogP contribution < -0.4 is 10.1 Å². The molecule has 4 aromatic rings. The summed E-state index contributed by atoms with van der Waals surface area (Å²) in [6.07, 6.45) is 5.31. The van der Waals surface area contributed by atoms with E-state index in [0.717, 1.165) is 27.7 Å². The number of fused-ring (bicyclic) bond motifs is 2. The van der Waals surface area contributed by atoms with Crippen LogP contribution >= 0.6 is 0 Å². The van der Waals surface area contributed by atoms with Crippen LogP contribution in [0.1, 0.15) is 15.9 Å². The topological polar surface area (TPSA) is 96.7 Å². The average Bonchev–Trinajstić information content (AvgIpc) is 3.31. The lowest BCUT2D eigenvalue weighted by Crippen LogP contribution is -2.27. The van der Waals surface area contributed by atoms with E-state index in [-0.39, 0.29) is 28.9 Å². The van der Waals surface area contributed by atoms with Crippen LogP contribution in [0.3, 0.4) is 0 Å². The lowest BCUT2D eigenvalue weighted by molar-refractivity contribution is 0.101. The van der Waals surface area contributed by atoms with E-state index in [1.165, 1.54) is 11.0 Å². The number of anilines is 1. The van der Waals surface area contributed by atoms with Gasteiger partial charge in [-0.05, 0) is 47.5 Å². The molecule has 0 spiro atoms. The number of hydrogen-bond donors (Lipinski definition) is 2. The summed E-state index contributed by atoms with van der Waals surface area (Å²) < 4.78 is 7.65. The number of Topliss-reactive ketones (excluding diaryl/α,β-unsaturated/α-hetero) is 1. The van der Waals surface area contributed by atoms with Crippen molar-refractivity contribution < 1.29 is 19.4 Å². The van der Waals surface area contributed by atoms with Crippen molar-refractivity contribution in [3.8, 4) is 22.6 Å². The number of phenolic OH excluding ortho intramolecular Hbond substituents is 1. The van der Waals surface area contributed by atoms with Crippen LogP contribution in [0.5, 0.6) is 11.5 Å². The molecule has 0 aliphatic carbocycles. The van der Waals surface area contributed by atoms with Crippen LogP contribution in [-0.4, -0.2) is 45.5 Å². The van der Waals surface area contributed by atoms with Crippen molar-refractivity contribution in [1.82, 2.24) is 14.5 Å². The van der Waals surface area contributed by atoms with E-state index in [9.17, 15) is 14.7 Å². The van der Waals surface area contributed by atoms with Crippen molar-refractivity contribution in [2.45, 2.75) is 0 Å². The van der Waals surface area contributed by atoms with E-state index in [2.05, 4.69) is 10.3 Å². The van der Waals surface area contributed by atoms with E-state index in [1.807, 2.05) is 48.1 Å². The number of aromatic nitrogens is 2. The molecule has 0 unspecified atom stereocenters. The van der Waals surface area contributed by atoms with Crippen molar-refractivity contribution in [1.29, 1.82) is 0 Å². The molecule has 8 nitrogen and oxygen atoms in total. The number of carbonyl (C=O) groups is 2. The van der Waals surface area contributed by atoms with Gasteiger partial charge in [-0.15, -0.1) is 0 Å². The molecule has 3 heterocycles. The van der Waals surface area contributed by atoms with E-state index in [0.29, 0.717) is 11.4 Å². The third kappa shape index (κ3) is 3.55. The Labute approximate surface area is 195 Å². The predicted molar refractivity (Wildman–Crippen MR) is 130 cm³/mol. The van der Waals surface area contributed by atoms with Gasteiger partial charge in [0.25, 0.3) is 0 Å². The van der Waals surface area contributed by atoms with Gasteiger partial charge in [0.1, 0.15) is 22.7 Å². The quantitative estimate of drug-likeness (QED) is 0.439. The molecular weight excluding hydrogens is 432 g/mol. The van der Waals surface area contributed by atoms with E-state index in [4.69, 9.17) is 4.74 Å². The molecule has 8 heteroatoms. The molecule has 1 aliphatic heterocycles. The summed E-state index contributed by atoms with van der Waals surface area (Å²) in [5.74, 6) is 0.00916. The van der Waals surface area contributed by atoms with Crippen molar-refractivity contribution in [2.75, 3.05) is 19.4 Å². The molecule has 0 saturated heterocycles. The lowest BCUT2D eigenvalue weighted by atomic mass is 10.00. The van der Waals surface area contributed by atoms with Gasteiger partial charge in [-0.25, -0.2) is 9.78 Å². The van der Waals surface area contributed by atoms with Crippen LogP contribution in [-0.2, 0) is 7.05 Å². The summed E-state index contributed by atoms with van der Waals surface area (Å²) in [4.78, 5) is 30.8. The van der Waals surface area contributed by atoms with Crippen molar-refractivity contribution in [3.05, 3.63) is 77.8 Å². The number of allylic oxidation sites excluding steroid dienone is 1. The first kappa shape index (κ1) is 21.3. The molecule has 0 bridgehead atoms. The number of hydrogen-bond acceptors (Lipinski definition) is 5. The molecule has 0 radical (unpaired) electrons. The second-order valence-corrected chi connectivity index (χ2v) is 8.24. The number of nitrogens with one attached hydrogen (secondary N) is 1. The van der Waals surface area contributed by atoms with Crippen LogP contribution in [0, 0.1) is 0 Å². The highest BCUT2D eigenvalue weighted by Gasteiger charge is 2.30. The maximum Gasteiger partial charge on any atom is 0.321 e. The average molecular weight is 454 g/mol. The number of carbonyl (C=O) groups excluding carboxylic acids is 2. The van der Waals surface area contributed by atoms with E-state index in [1.54, 1.807) is 38.5 Å². The highest BCUT2D eigenvalue weighted by atomic mass is 16.5. The first-order chi connectivity index (χ1) is 16.3. The van der Waals surface area contributed by atoms with Gasteiger partial charge in [0.05, 0.1) is 0 Å². The number of pyridine rings is 1. The number of aromatic hydroxyl groups is 1. The molecule has 170 valence electrons. The Bertz CT molecular complexity index is 1480. The molecule has 0 atom stereocenters. The second-order valence-electron chi connectivity index (χ2n) is 8.24. The highest BCUT2D eigenvalue weighted by Crippen LogP contribution is 2.39. The number of amides is 2. The summed E-state index contributed by atoms with van der Waals surface area (Å²) in [7, 11) is 5.25. The van der Waals surface area contributed by atoms with Crippen molar-refractivity contribution in [3.63, 3.8) is 0 Å². The number of rotatable bonds is 3. The van der Waals surface area contributed by atoms with Gasteiger partial charge < -0.3 is 24.6 Å². The molecule has 0 fully saturated rings. The van der Waals surface area contributed by atoms with Gasteiger partial charge >= 0.3 is 6.03 Å². The van der Waals surface area contributed by atoms with Crippen molar-refractivity contribution in [2.24, 2.45) is 7.05 Å². The van der Waals surface area contributed by atoms with Gasteiger partial charge in [0.2, 0.25) is 5.78 Å². The Morgan fingerprint density at radius 3 is 2.62 bits per heavy atom. The summed E-state index contributed by atoms with van der Waals surface area (Å²) in [6, 6.07) is 14.0. The zero-order valence-corrected chi connectivity index (χ0v) is 18.9. The minimum atomic E-state index is -0.364. The van der Waals surface area contributed by atoms with Crippen LogP contribution in [0.2, 0.25) is 0 Å². The number of phenols is 1.